The van der Waals surface area contributed by atoms with Gasteiger partial charge in [0.1, 0.15) is 12.2 Å². The van der Waals surface area contributed by atoms with Crippen LogP contribution in [0.25, 0.3) is 0 Å². The maximum absolute atomic E-state index is 12.2. The Bertz CT molecular complexity index is 710. The summed E-state index contributed by atoms with van der Waals surface area (Å²) in [7, 11) is 1.86. The summed E-state index contributed by atoms with van der Waals surface area (Å²) >= 11 is 0. The van der Waals surface area contributed by atoms with Crippen molar-refractivity contribution >= 4 is 17.3 Å². The number of carbonyl (C=O) groups excluding carboxylic acids is 1. The molecule has 0 bridgehead atoms. The lowest BCUT2D eigenvalue weighted by Crippen LogP contribution is -3.08. The SMILES string of the molecule is Cc1ccc([N+](=O)[O-])c(NC(=O)C[NH+](C)Cc2ccco2)c1C. The van der Waals surface area contributed by atoms with Crippen LogP contribution in [0, 0.1) is 24.0 Å². The van der Waals surface area contributed by atoms with Gasteiger partial charge in [-0.25, -0.2) is 0 Å². The lowest BCUT2D eigenvalue weighted by atomic mass is 10.1. The summed E-state index contributed by atoms with van der Waals surface area (Å²) in [4.78, 5) is 23.8. The van der Waals surface area contributed by atoms with Crippen molar-refractivity contribution in [3.05, 3.63) is 57.5 Å². The highest BCUT2D eigenvalue weighted by Crippen LogP contribution is 2.29. The largest absolute Gasteiger partial charge is 0.463 e. The molecule has 0 spiro atoms. The maximum atomic E-state index is 12.2. The van der Waals surface area contributed by atoms with Crippen molar-refractivity contribution < 1.29 is 19.0 Å². The summed E-state index contributed by atoms with van der Waals surface area (Å²) in [5.41, 5.74) is 1.77. The van der Waals surface area contributed by atoms with Crippen LogP contribution in [0.4, 0.5) is 11.4 Å². The minimum absolute atomic E-state index is 0.0925. The van der Waals surface area contributed by atoms with Gasteiger partial charge in [0.05, 0.1) is 18.2 Å². The van der Waals surface area contributed by atoms with Crippen molar-refractivity contribution in [3.8, 4) is 0 Å². The van der Waals surface area contributed by atoms with Gasteiger partial charge in [0.25, 0.3) is 11.6 Å². The molecule has 0 aliphatic carbocycles. The highest BCUT2D eigenvalue weighted by atomic mass is 16.6. The number of nitro groups is 1. The quantitative estimate of drug-likeness (QED) is 0.623. The van der Waals surface area contributed by atoms with Gasteiger partial charge in [0.15, 0.2) is 12.3 Å². The standard InChI is InChI=1S/C16H19N3O4/c1-11-6-7-14(19(21)22)16(12(11)2)17-15(20)10-18(3)9-13-5-4-8-23-13/h4-8H,9-10H2,1-3H3,(H,17,20)/p+1. The molecule has 1 heterocycles. The fourth-order valence-electron chi connectivity index (χ4n) is 2.34. The lowest BCUT2D eigenvalue weighted by Gasteiger charge is -2.14. The van der Waals surface area contributed by atoms with Gasteiger partial charge in [-0.1, -0.05) is 6.07 Å². The van der Waals surface area contributed by atoms with Gasteiger partial charge < -0.3 is 14.6 Å². The molecule has 1 unspecified atom stereocenters. The second-order valence-electron chi connectivity index (χ2n) is 5.60. The van der Waals surface area contributed by atoms with E-state index in [9.17, 15) is 14.9 Å². The smallest absolute Gasteiger partial charge is 0.293 e. The number of hydrogen-bond acceptors (Lipinski definition) is 4. The summed E-state index contributed by atoms with van der Waals surface area (Å²) < 4.78 is 5.25. The highest BCUT2D eigenvalue weighted by molar-refractivity contribution is 5.95. The second-order valence-corrected chi connectivity index (χ2v) is 5.60. The number of nitro benzene ring substituents is 1. The van der Waals surface area contributed by atoms with E-state index in [1.165, 1.54) is 6.07 Å². The molecule has 7 nitrogen and oxygen atoms in total. The Morgan fingerprint density at radius 3 is 2.70 bits per heavy atom. The van der Waals surface area contributed by atoms with Crippen LogP contribution in [0.1, 0.15) is 16.9 Å². The number of anilines is 1. The van der Waals surface area contributed by atoms with E-state index >= 15 is 0 Å². The average molecular weight is 318 g/mol. The third kappa shape index (κ3) is 4.17. The third-order valence-electron chi connectivity index (χ3n) is 3.69. The summed E-state index contributed by atoms with van der Waals surface area (Å²) in [6.45, 7) is 4.36. The summed E-state index contributed by atoms with van der Waals surface area (Å²) in [5, 5.41) is 13.8. The van der Waals surface area contributed by atoms with E-state index in [2.05, 4.69) is 5.32 Å². The molecular weight excluding hydrogens is 298 g/mol. The van der Waals surface area contributed by atoms with Gasteiger partial charge in [-0.2, -0.15) is 0 Å². The molecule has 2 N–H and O–H groups in total. The fourth-order valence-corrected chi connectivity index (χ4v) is 2.34. The fraction of sp³-hybridized carbons (Fsp3) is 0.312. The molecular formula is C16H20N3O4+. The number of furan rings is 1. The van der Waals surface area contributed by atoms with E-state index in [4.69, 9.17) is 4.42 Å². The zero-order chi connectivity index (χ0) is 17.0. The lowest BCUT2D eigenvalue weighted by molar-refractivity contribution is -0.886. The molecule has 0 saturated carbocycles. The monoisotopic (exact) mass is 318 g/mol. The first-order valence-electron chi connectivity index (χ1n) is 7.26. The molecule has 0 radical (unpaired) electrons. The Kier molecular flexibility index (Phi) is 5.13. The van der Waals surface area contributed by atoms with Crippen LogP contribution in [0.15, 0.2) is 34.9 Å². The van der Waals surface area contributed by atoms with Crippen LogP contribution in [-0.2, 0) is 11.3 Å². The molecule has 0 aliphatic heterocycles. The van der Waals surface area contributed by atoms with Gasteiger partial charge in [0.2, 0.25) is 0 Å². The number of amides is 1. The first-order valence-corrected chi connectivity index (χ1v) is 7.26. The molecule has 0 aliphatic rings. The Balaban J connectivity index is 2.08. The van der Waals surface area contributed by atoms with Crippen molar-refractivity contribution in [2.75, 3.05) is 18.9 Å². The Morgan fingerprint density at radius 1 is 1.35 bits per heavy atom. The first kappa shape index (κ1) is 16.7. The molecule has 2 aromatic rings. The number of hydrogen-bond donors (Lipinski definition) is 2. The van der Waals surface area contributed by atoms with Crippen LogP contribution >= 0.6 is 0 Å². The molecule has 2 rings (SSSR count). The molecule has 1 aromatic carbocycles. The van der Waals surface area contributed by atoms with Gasteiger partial charge >= 0.3 is 0 Å². The van der Waals surface area contributed by atoms with Gasteiger partial charge in [-0.3, -0.25) is 14.9 Å². The minimum Gasteiger partial charge on any atom is -0.463 e. The molecule has 1 aromatic heterocycles. The molecule has 0 fully saturated rings. The van der Waals surface area contributed by atoms with Gasteiger partial charge in [0, 0.05) is 6.07 Å². The number of nitrogens with one attached hydrogen (secondary N) is 2. The predicted octanol–water partition coefficient (Wildman–Crippen LogP) is 1.46. The average Bonchev–Trinajstić information content (AvgIpc) is 2.96. The van der Waals surface area contributed by atoms with Gasteiger partial charge in [-0.15, -0.1) is 0 Å². The normalized spacial score (nSPS) is 12.0. The number of rotatable bonds is 6. The second kappa shape index (κ2) is 7.06. The predicted molar refractivity (Wildman–Crippen MR) is 85.4 cm³/mol. The molecule has 1 amide bonds. The van der Waals surface area contributed by atoms with Gasteiger partial charge in [-0.05, 0) is 37.1 Å². The zero-order valence-electron chi connectivity index (χ0n) is 13.4. The van der Waals surface area contributed by atoms with Crippen LogP contribution < -0.4 is 10.2 Å². The zero-order valence-corrected chi connectivity index (χ0v) is 13.4. The number of nitrogens with zero attached hydrogens (tertiary/aromatic N) is 1. The Hall–Kier alpha value is -2.67. The number of quaternary nitrogens is 1. The number of aryl methyl sites for hydroxylation is 1. The van der Waals surface area contributed by atoms with E-state index < -0.39 is 4.92 Å². The van der Waals surface area contributed by atoms with Crippen molar-refractivity contribution in [1.29, 1.82) is 0 Å². The maximum Gasteiger partial charge on any atom is 0.293 e. The summed E-state index contributed by atoms with van der Waals surface area (Å²) in [5.74, 6) is 0.513. The summed E-state index contributed by atoms with van der Waals surface area (Å²) in [6, 6.07) is 6.73. The van der Waals surface area contributed by atoms with Crippen molar-refractivity contribution in [1.82, 2.24) is 0 Å². The summed E-state index contributed by atoms with van der Waals surface area (Å²) in [6.07, 6.45) is 1.59. The van der Waals surface area contributed by atoms with Crippen molar-refractivity contribution in [2.45, 2.75) is 20.4 Å². The van der Waals surface area contributed by atoms with E-state index in [0.717, 1.165) is 16.2 Å². The van der Waals surface area contributed by atoms with Crippen LogP contribution in [0.3, 0.4) is 0 Å². The first-order chi connectivity index (χ1) is 10.9. The number of likely N-dealkylation sites (N-methyl/N-ethyl adjacent to an activating group) is 1. The van der Waals surface area contributed by atoms with Crippen molar-refractivity contribution in [3.63, 3.8) is 0 Å². The highest BCUT2D eigenvalue weighted by Gasteiger charge is 2.21. The van der Waals surface area contributed by atoms with E-state index in [-0.39, 0.29) is 23.8 Å². The number of carbonyl (C=O) groups is 1. The third-order valence-corrected chi connectivity index (χ3v) is 3.69. The Morgan fingerprint density at radius 2 is 2.09 bits per heavy atom. The molecule has 7 heteroatoms. The van der Waals surface area contributed by atoms with Crippen LogP contribution in [0.2, 0.25) is 0 Å². The van der Waals surface area contributed by atoms with E-state index in [1.807, 2.05) is 20.0 Å². The topological polar surface area (TPSA) is 89.8 Å². The molecule has 122 valence electrons. The minimum atomic E-state index is -0.485. The molecule has 23 heavy (non-hydrogen) atoms. The molecule has 1 atom stereocenters. The van der Waals surface area contributed by atoms with Crippen molar-refractivity contribution in [2.24, 2.45) is 0 Å². The molecule has 0 saturated heterocycles. The van der Waals surface area contributed by atoms with Crippen LogP contribution in [0.5, 0.6) is 0 Å². The number of benzene rings is 1. The van der Waals surface area contributed by atoms with E-state index in [0.29, 0.717) is 12.1 Å². The van der Waals surface area contributed by atoms with Crippen LogP contribution in [-0.4, -0.2) is 24.4 Å². The van der Waals surface area contributed by atoms with E-state index in [1.54, 1.807) is 25.3 Å². The Labute approximate surface area is 134 Å².